The molecule has 0 nitrogen and oxygen atoms in total. The van der Waals surface area contributed by atoms with E-state index in [1.807, 2.05) is 0 Å². The summed E-state index contributed by atoms with van der Waals surface area (Å²) in [7, 11) is 0. The van der Waals surface area contributed by atoms with Crippen LogP contribution in [0.15, 0.2) is 36.4 Å². The normalized spacial score (nSPS) is 12.1. The smallest absolute Gasteiger partial charge is 0.00134 e. The number of aryl methyl sites for hydroxylation is 2. The van der Waals surface area contributed by atoms with E-state index in [0.29, 0.717) is 0 Å². The summed E-state index contributed by atoms with van der Waals surface area (Å²) >= 11 is 0. The Labute approximate surface area is 371 Å². The van der Waals surface area contributed by atoms with Gasteiger partial charge in [0.2, 0.25) is 0 Å². The molecule has 0 heterocycles. The molecule has 0 bridgehead atoms. The Morgan fingerprint density at radius 1 is 0.254 bits per heavy atom. The van der Waals surface area contributed by atoms with Crippen molar-refractivity contribution < 1.29 is 0 Å². The number of unbranched alkanes of at least 4 members (excludes halogenated alkanes) is 40. The molecule has 0 aromatic heterocycles. The van der Waals surface area contributed by atoms with E-state index in [1.165, 1.54) is 283 Å². The summed E-state index contributed by atoms with van der Waals surface area (Å²) in [4.78, 5) is 0. The van der Waals surface area contributed by atoms with Crippen LogP contribution in [0.3, 0.4) is 0 Å². The van der Waals surface area contributed by atoms with Crippen LogP contribution in [-0.4, -0.2) is 0 Å². The van der Waals surface area contributed by atoms with Crippen LogP contribution in [0, 0.1) is 0 Å². The van der Waals surface area contributed by atoms with Gasteiger partial charge in [-0.2, -0.15) is 0 Å². The Morgan fingerprint density at radius 2 is 0.458 bits per heavy atom. The second kappa shape index (κ2) is 38.1. The summed E-state index contributed by atoms with van der Waals surface area (Å²) in [5, 5.41) is 0. The van der Waals surface area contributed by atoms with Crippen LogP contribution in [-0.2, 0) is 19.3 Å². The fourth-order valence-corrected chi connectivity index (χ4v) is 10.1. The molecule has 0 heteroatoms. The first-order chi connectivity index (χ1) is 29.3. The third-order valence-electron chi connectivity index (χ3n) is 14.2. The maximum atomic E-state index is 2.56. The lowest BCUT2D eigenvalue weighted by atomic mass is 9.97. The highest BCUT2D eigenvalue weighted by Crippen LogP contribution is 2.38. The molecule has 2 aromatic rings. The third-order valence-corrected chi connectivity index (χ3v) is 14.2. The van der Waals surface area contributed by atoms with Crippen molar-refractivity contribution in [3.8, 4) is 11.1 Å². The van der Waals surface area contributed by atoms with E-state index >= 15 is 0 Å². The van der Waals surface area contributed by atoms with E-state index in [1.54, 1.807) is 33.4 Å². The van der Waals surface area contributed by atoms with Gasteiger partial charge in [0.15, 0.2) is 0 Å². The van der Waals surface area contributed by atoms with Crippen LogP contribution in [0.1, 0.15) is 306 Å². The topological polar surface area (TPSA) is 0 Å². The third kappa shape index (κ3) is 27.2. The highest BCUT2D eigenvalue weighted by Gasteiger charge is 2.19. The zero-order valence-electron chi connectivity index (χ0n) is 40.3. The average molecular weight is 811 g/mol. The Morgan fingerprint density at radius 3 is 0.678 bits per heavy atom. The van der Waals surface area contributed by atoms with Crippen molar-refractivity contribution in [2.45, 2.75) is 303 Å². The van der Waals surface area contributed by atoms with Crippen LogP contribution in [0.2, 0.25) is 0 Å². The lowest BCUT2D eigenvalue weighted by molar-refractivity contribution is 0.520. The predicted octanol–water partition coefficient (Wildman–Crippen LogP) is 20.8. The van der Waals surface area contributed by atoms with Crippen LogP contribution >= 0.6 is 0 Å². The van der Waals surface area contributed by atoms with Gasteiger partial charge in [-0.3, -0.25) is 0 Å². The molecule has 3 rings (SSSR count). The number of fused-ring (bicyclic) bond motifs is 3. The largest absolute Gasteiger partial charge is 0.0654 e. The predicted molar refractivity (Wildman–Crippen MR) is 267 cm³/mol. The highest BCUT2D eigenvalue weighted by molar-refractivity contribution is 5.77. The Balaban J connectivity index is 1.09. The number of hydrogen-bond donors (Lipinski definition) is 0. The molecule has 1 aliphatic carbocycles. The van der Waals surface area contributed by atoms with Crippen molar-refractivity contribution in [2.24, 2.45) is 0 Å². The Hall–Kier alpha value is -1.56. The van der Waals surface area contributed by atoms with Crippen LogP contribution < -0.4 is 0 Å². The maximum absolute atomic E-state index is 2.56. The average Bonchev–Trinajstić information content (AvgIpc) is 3.62. The molecule has 0 saturated carbocycles. The minimum atomic E-state index is 1.13. The number of benzene rings is 2. The lowest BCUT2D eigenvalue weighted by Crippen LogP contribution is -1.90. The molecule has 0 saturated heterocycles. The van der Waals surface area contributed by atoms with Gasteiger partial charge in [-0.1, -0.05) is 307 Å². The van der Waals surface area contributed by atoms with Gasteiger partial charge in [-0.15, -0.1) is 0 Å². The van der Waals surface area contributed by atoms with Crippen molar-refractivity contribution in [1.82, 2.24) is 0 Å². The van der Waals surface area contributed by atoms with E-state index in [4.69, 9.17) is 0 Å². The molecule has 338 valence electrons. The molecule has 0 unspecified atom stereocenters. The molecule has 0 atom stereocenters. The zero-order chi connectivity index (χ0) is 41.5. The minimum Gasteiger partial charge on any atom is -0.0654 e. The summed E-state index contributed by atoms with van der Waals surface area (Å²) in [5.74, 6) is 0. The molecule has 1 aliphatic rings. The monoisotopic (exact) mass is 811 g/mol. The van der Waals surface area contributed by atoms with Gasteiger partial charge >= 0.3 is 0 Å². The van der Waals surface area contributed by atoms with Crippen molar-refractivity contribution in [1.29, 1.82) is 0 Å². The second-order valence-corrected chi connectivity index (χ2v) is 19.8. The van der Waals surface area contributed by atoms with E-state index in [-0.39, 0.29) is 0 Å². The van der Waals surface area contributed by atoms with Gasteiger partial charge in [0.25, 0.3) is 0 Å². The quantitative estimate of drug-likeness (QED) is 0.0499. The molecular formula is C59H102. The van der Waals surface area contributed by atoms with Gasteiger partial charge in [0.1, 0.15) is 0 Å². The molecule has 59 heavy (non-hydrogen) atoms. The zero-order valence-corrected chi connectivity index (χ0v) is 40.3. The van der Waals surface area contributed by atoms with Crippen LogP contribution in [0.25, 0.3) is 11.1 Å². The van der Waals surface area contributed by atoms with E-state index < -0.39 is 0 Å². The highest BCUT2D eigenvalue weighted by atomic mass is 14.2. The van der Waals surface area contributed by atoms with E-state index in [2.05, 4.69) is 50.2 Å². The molecule has 0 fully saturated rings. The van der Waals surface area contributed by atoms with Gasteiger partial charge in [-0.25, -0.2) is 0 Å². The van der Waals surface area contributed by atoms with Gasteiger partial charge in [0, 0.05) is 0 Å². The van der Waals surface area contributed by atoms with Crippen molar-refractivity contribution in [3.63, 3.8) is 0 Å². The summed E-state index contributed by atoms with van der Waals surface area (Å²) in [5.41, 5.74) is 9.30. The van der Waals surface area contributed by atoms with Crippen LogP contribution in [0.4, 0.5) is 0 Å². The lowest BCUT2D eigenvalue weighted by Gasteiger charge is -2.08. The number of hydrogen-bond acceptors (Lipinski definition) is 0. The first kappa shape index (κ1) is 51.8. The molecule has 0 N–H and O–H groups in total. The first-order valence-electron chi connectivity index (χ1n) is 27.6. The Bertz CT molecular complexity index is 1110. The van der Waals surface area contributed by atoms with Crippen LogP contribution in [0.5, 0.6) is 0 Å². The molecule has 0 radical (unpaired) electrons. The fourth-order valence-electron chi connectivity index (χ4n) is 10.1. The molecular weight excluding hydrogens is 709 g/mol. The van der Waals surface area contributed by atoms with E-state index in [9.17, 15) is 0 Å². The summed E-state index contributed by atoms with van der Waals surface area (Å²) < 4.78 is 0. The van der Waals surface area contributed by atoms with Gasteiger partial charge in [0.05, 0.1) is 0 Å². The molecule has 0 amide bonds. The van der Waals surface area contributed by atoms with Crippen molar-refractivity contribution in [2.75, 3.05) is 0 Å². The van der Waals surface area contributed by atoms with Crippen molar-refractivity contribution in [3.05, 3.63) is 58.7 Å². The molecule has 2 aromatic carbocycles. The summed E-state index contributed by atoms with van der Waals surface area (Å²) in [6.45, 7) is 4.62. The van der Waals surface area contributed by atoms with Gasteiger partial charge < -0.3 is 0 Å². The molecule has 0 spiro atoms. The summed E-state index contributed by atoms with van der Waals surface area (Å²) in [6, 6.07) is 14.9. The van der Waals surface area contributed by atoms with Crippen molar-refractivity contribution >= 4 is 0 Å². The van der Waals surface area contributed by atoms with E-state index in [0.717, 1.165) is 6.42 Å². The number of rotatable bonds is 44. The SMILES string of the molecule is CCCCCCCCCCCCCCCCCCCCCCCc1ccc2c(c1)-c1cc(CCCCCCCCCCCCCCCCCCCCCCC)ccc1C2. The second-order valence-electron chi connectivity index (χ2n) is 19.8. The Kier molecular flexibility index (Phi) is 33.5. The van der Waals surface area contributed by atoms with Gasteiger partial charge in [-0.05, 0) is 65.5 Å². The molecule has 0 aliphatic heterocycles. The minimum absolute atomic E-state index is 1.13. The first-order valence-corrected chi connectivity index (χ1v) is 27.6. The maximum Gasteiger partial charge on any atom is -0.00134 e. The fraction of sp³-hybridized carbons (Fsp3) is 0.797. The summed E-state index contributed by atoms with van der Waals surface area (Å²) in [6.07, 6.45) is 64.7. The standard InChI is InChI=1S/C59H102/c1-3-5-7-9-11-13-15-17-19-21-23-25-27-29-31-33-35-37-39-41-43-45-54-47-49-56-53-57-50-48-55(52-59(57)58(56)51-54)46-44-42-40-38-36-34-32-30-28-26-24-22-20-18-16-14-12-10-8-6-4-2/h47-52H,3-46,53H2,1-2H3.